The molecule has 1 amide bonds. The smallest absolute Gasteiger partial charge is 0.239 e. The minimum atomic E-state index is -3.08. The van der Waals surface area contributed by atoms with Crippen LogP contribution in [0.3, 0.4) is 0 Å². The lowest BCUT2D eigenvalue weighted by Crippen LogP contribution is -2.44. The van der Waals surface area contributed by atoms with E-state index in [1.807, 2.05) is 24.4 Å². The molecule has 1 heterocycles. The Hall–Kier alpha value is -0.920. The van der Waals surface area contributed by atoms with Crippen molar-refractivity contribution in [3.05, 3.63) is 22.4 Å². The highest BCUT2D eigenvalue weighted by atomic mass is 32.2. The number of rotatable bonds is 7. The lowest BCUT2D eigenvalue weighted by Gasteiger charge is -2.23. The number of carbonyl (C=O) groups is 1. The van der Waals surface area contributed by atoms with Gasteiger partial charge in [-0.2, -0.15) is 0 Å². The predicted octanol–water partition coefficient (Wildman–Crippen LogP) is 0.859. The molecule has 0 bridgehead atoms. The summed E-state index contributed by atoms with van der Waals surface area (Å²) in [5.41, 5.74) is 5.78. The minimum absolute atomic E-state index is 0.0591. The van der Waals surface area contributed by atoms with Gasteiger partial charge in [-0.15, -0.1) is 11.3 Å². The quantitative estimate of drug-likeness (QED) is 0.810. The van der Waals surface area contributed by atoms with Crippen LogP contribution in [-0.2, 0) is 21.2 Å². The van der Waals surface area contributed by atoms with Crippen LogP contribution in [-0.4, -0.2) is 43.8 Å². The zero-order valence-corrected chi connectivity index (χ0v) is 12.8. The van der Waals surface area contributed by atoms with Crippen LogP contribution in [0.25, 0.3) is 0 Å². The predicted molar refractivity (Wildman–Crippen MR) is 77.7 cm³/mol. The van der Waals surface area contributed by atoms with Crippen LogP contribution in [0.1, 0.15) is 18.2 Å². The third-order valence-electron chi connectivity index (χ3n) is 2.74. The van der Waals surface area contributed by atoms with Crippen LogP contribution in [0, 0.1) is 0 Å². The molecule has 0 fully saturated rings. The van der Waals surface area contributed by atoms with E-state index >= 15 is 0 Å². The molecule has 1 unspecified atom stereocenters. The van der Waals surface area contributed by atoms with E-state index in [0.717, 1.165) is 11.1 Å². The first-order valence-corrected chi connectivity index (χ1v) is 9.02. The SMILES string of the molecule is CCN(Cc1cccs1)C(=O)C(N)CCS(C)(=O)=O. The van der Waals surface area contributed by atoms with E-state index in [2.05, 4.69) is 0 Å². The molecule has 0 spiro atoms. The fourth-order valence-corrected chi connectivity index (χ4v) is 3.04. The monoisotopic (exact) mass is 304 g/mol. The van der Waals surface area contributed by atoms with Gasteiger partial charge in [0.2, 0.25) is 5.91 Å². The Bertz CT molecular complexity index is 497. The van der Waals surface area contributed by atoms with E-state index in [9.17, 15) is 13.2 Å². The molecule has 0 aliphatic heterocycles. The summed E-state index contributed by atoms with van der Waals surface area (Å²) in [6, 6.07) is 3.14. The summed E-state index contributed by atoms with van der Waals surface area (Å²) in [7, 11) is -3.08. The maximum absolute atomic E-state index is 12.1. The van der Waals surface area contributed by atoms with Gasteiger partial charge in [0, 0.05) is 17.7 Å². The second kappa shape index (κ2) is 7.02. The van der Waals surface area contributed by atoms with Crippen LogP contribution >= 0.6 is 11.3 Å². The fraction of sp³-hybridized carbons (Fsp3) is 0.583. The van der Waals surface area contributed by atoms with Gasteiger partial charge < -0.3 is 10.6 Å². The molecule has 0 aliphatic rings. The van der Waals surface area contributed by atoms with E-state index in [-0.39, 0.29) is 18.1 Å². The minimum Gasteiger partial charge on any atom is -0.336 e. The first kappa shape index (κ1) is 16.1. The zero-order valence-electron chi connectivity index (χ0n) is 11.2. The molecule has 0 saturated carbocycles. The Labute approximate surface area is 118 Å². The molecule has 0 aromatic carbocycles. The highest BCUT2D eigenvalue weighted by molar-refractivity contribution is 7.90. The highest BCUT2D eigenvalue weighted by Gasteiger charge is 2.21. The Morgan fingerprint density at radius 1 is 1.53 bits per heavy atom. The second-order valence-corrected chi connectivity index (χ2v) is 7.75. The van der Waals surface area contributed by atoms with Gasteiger partial charge in [-0.05, 0) is 24.8 Å². The van der Waals surface area contributed by atoms with Gasteiger partial charge in [0.25, 0.3) is 0 Å². The fourth-order valence-electron chi connectivity index (χ4n) is 1.64. The van der Waals surface area contributed by atoms with Crippen molar-refractivity contribution in [1.29, 1.82) is 0 Å². The van der Waals surface area contributed by atoms with Gasteiger partial charge in [0.15, 0.2) is 0 Å². The number of nitrogens with two attached hydrogens (primary N) is 1. The maximum Gasteiger partial charge on any atom is 0.239 e. The van der Waals surface area contributed by atoms with Crippen molar-refractivity contribution in [3.8, 4) is 0 Å². The van der Waals surface area contributed by atoms with Crippen molar-refractivity contribution >= 4 is 27.1 Å². The molecule has 108 valence electrons. The Kier molecular flexibility index (Phi) is 5.96. The summed E-state index contributed by atoms with van der Waals surface area (Å²) >= 11 is 1.58. The largest absolute Gasteiger partial charge is 0.336 e. The number of likely N-dealkylation sites (N-methyl/N-ethyl adjacent to an activating group) is 1. The van der Waals surface area contributed by atoms with Crippen molar-refractivity contribution in [3.63, 3.8) is 0 Å². The number of amides is 1. The Morgan fingerprint density at radius 2 is 2.21 bits per heavy atom. The zero-order chi connectivity index (χ0) is 14.5. The summed E-state index contributed by atoms with van der Waals surface area (Å²) in [6.45, 7) is 2.97. The van der Waals surface area contributed by atoms with Crippen molar-refractivity contribution in [1.82, 2.24) is 4.90 Å². The highest BCUT2D eigenvalue weighted by Crippen LogP contribution is 2.12. The first-order valence-electron chi connectivity index (χ1n) is 6.08. The lowest BCUT2D eigenvalue weighted by molar-refractivity contribution is -0.133. The van der Waals surface area contributed by atoms with Crippen LogP contribution in [0.15, 0.2) is 17.5 Å². The summed E-state index contributed by atoms with van der Waals surface area (Å²) in [5.74, 6) is -0.254. The molecular formula is C12H20N2O3S2. The van der Waals surface area contributed by atoms with Crippen molar-refractivity contribution < 1.29 is 13.2 Å². The van der Waals surface area contributed by atoms with Crippen molar-refractivity contribution in [2.45, 2.75) is 25.9 Å². The summed E-state index contributed by atoms with van der Waals surface area (Å²) in [6.07, 6.45) is 1.31. The molecule has 1 aromatic heterocycles. The number of thiophene rings is 1. The summed E-state index contributed by atoms with van der Waals surface area (Å²) in [5, 5.41) is 1.96. The van der Waals surface area contributed by atoms with Gasteiger partial charge in [-0.3, -0.25) is 4.79 Å². The number of hydrogen-bond donors (Lipinski definition) is 1. The summed E-state index contributed by atoms with van der Waals surface area (Å²) < 4.78 is 22.2. The van der Waals surface area contributed by atoms with Crippen molar-refractivity contribution in [2.24, 2.45) is 5.73 Å². The second-order valence-electron chi connectivity index (χ2n) is 4.46. The molecule has 1 aromatic rings. The molecule has 5 nitrogen and oxygen atoms in total. The molecule has 7 heteroatoms. The molecule has 1 rings (SSSR count). The van der Waals surface area contributed by atoms with Gasteiger partial charge in [0.05, 0.1) is 18.3 Å². The maximum atomic E-state index is 12.1. The van der Waals surface area contributed by atoms with Crippen LogP contribution < -0.4 is 5.73 Å². The molecule has 1 atom stereocenters. The summed E-state index contributed by atoms with van der Waals surface area (Å²) in [4.78, 5) is 14.9. The molecule has 2 N–H and O–H groups in total. The van der Waals surface area contributed by atoms with E-state index in [1.54, 1.807) is 16.2 Å². The van der Waals surface area contributed by atoms with Crippen LogP contribution in [0.5, 0.6) is 0 Å². The number of hydrogen-bond acceptors (Lipinski definition) is 5. The Balaban J connectivity index is 2.57. The standard InChI is InChI=1S/C12H20N2O3S2/c1-3-14(9-10-5-4-7-18-10)12(15)11(13)6-8-19(2,16)17/h4-5,7,11H,3,6,8-9,13H2,1-2H3. The lowest BCUT2D eigenvalue weighted by atomic mass is 10.2. The van der Waals surface area contributed by atoms with Gasteiger partial charge in [-0.1, -0.05) is 6.07 Å². The molecule has 0 saturated heterocycles. The molecular weight excluding hydrogens is 284 g/mol. The third kappa shape index (κ3) is 5.71. The topological polar surface area (TPSA) is 80.5 Å². The molecule has 0 aliphatic carbocycles. The average molecular weight is 304 g/mol. The van der Waals surface area contributed by atoms with Crippen molar-refractivity contribution in [2.75, 3.05) is 18.6 Å². The average Bonchev–Trinajstić information content (AvgIpc) is 2.84. The molecule has 0 radical (unpaired) electrons. The van der Waals surface area contributed by atoms with Gasteiger partial charge in [-0.25, -0.2) is 8.42 Å². The van der Waals surface area contributed by atoms with Crippen LogP contribution in [0.4, 0.5) is 0 Å². The van der Waals surface area contributed by atoms with Gasteiger partial charge >= 0.3 is 0 Å². The molecule has 19 heavy (non-hydrogen) atoms. The van der Waals surface area contributed by atoms with E-state index in [0.29, 0.717) is 13.1 Å². The van der Waals surface area contributed by atoms with Gasteiger partial charge in [0.1, 0.15) is 9.84 Å². The van der Waals surface area contributed by atoms with E-state index in [1.165, 1.54) is 0 Å². The van der Waals surface area contributed by atoms with Crippen LogP contribution in [0.2, 0.25) is 0 Å². The Morgan fingerprint density at radius 3 is 2.68 bits per heavy atom. The number of sulfone groups is 1. The van der Waals surface area contributed by atoms with E-state index in [4.69, 9.17) is 5.73 Å². The number of carbonyl (C=O) groups excluding carboxylic acids is 1. The van der Waals surface area contributed by atoms with E-state index < -0.39 is 15.9 Å². The normalized spacial score (nSPS) is 13.2. The first-order chi connectivity index (χ1) is 8.83. The number of nitrogens with zero attached hydrogens (tertiary/aromatic N) is 1. The third-order valence-corrected chi connectivity index (χ3v) is 4.58.